The van der Waals surface area contributed by atoms with Crippen LogP contribution in [0.4, 0.5) is 0 Å². The van der Waals surface area contributed by atoms with Gasteiger partial charge in [-0.1, -0.05) is 0 Å². The van der Waals surface area contributed by atoms with E-state index in [0.29, 0.717) is 11.4 Å². The average molecular weight is 219 g/mol. The molecule has 0 atom stereocenters. The monoisotopic (exact) mass is 219 g/mol. The smallest absolute Gasteiger partial charge is 0.250 e. The standard InChI is InChI=1S/C11H13N3O2/c1-7(2)16-10-6-14-5-8(11(12)15)3-4-9(14)13-10/h3-7H,1-2H3,(H2,12,15). The molecule has 0 aromatic carbocycles. The second-order valence-corrected chi connectivity index (χ2v) is 3.79. The maximum absolute atomic E-state index is 11.0. The lowest BCUT2D eigenvalue weighted by atomic mass is 10.3. The van der Waals surface area contributed by atoms with E-state index in [1.54, 1.807) is 28.9 Å². The van der Waals surface area contributed by atoms with E-state index in [9.17, 15) is 4.79 Å². The fraction of sp³-hybridized carbons (Fsp3) is 0.273. The molecule has 0 unspecified atom stereocenters. The molecule has 0 saturated heterocycles. The molecule has 2 rings (SSSR count). The van der Waals surface area contributed by atoms with Crippen molar-refractivity contribution in [1.29, 1.82) is 0 Å². The zero-order valence-corrected chi connectivity index (χ0v) is 9.18. The van der Waals surface area contributed by atoms with Crippen molar-refractivity contribution in [2.24, 2.45) is 5.73 Å². The number of pyridine rings is 1. The van der Waals surface area contributed by atoms with Crippen LogP contribution in [0.15, 0.2) is 24.5 Å². The van der Waals surface area contributed by atoms with Crippen LogP contribution >= 0.6 is 0 Å². The van der Waals surface area contributed by atoms with Gasteiger partial charge in [-0.2, -0.15) is 4.98 Å². The van der Waals surface area contributed by atoms with Gasteiger partial charge >= 0.3 is 0 Å². The van der Waals surface area contributed by atoms with Crippen LogP contribution in [0.25, 0.3) is 5.65 Å². The predicted octanol–water partition coefficient (Wildman–Crippen LogP) is 1.22. The molecule has 2 N–H and O–H groups in total. The lowest BCUT2D eigenvalue weighted by Gasteiger charge is -2.03. The molecule has 0 spiro atoms. The first kappa shape index (κ1) is 10.5. The predicted molar refractivity (Wildman–Crippen MR) is 59.5 cm³/mol. The zero-order chi connectivity index (χ0) is 11.7. The number of carbonyl (C=O) groups excluding carboxylic acids is 1. The molecular weight excluding hydrogens is 206 g/mol. The highest BCUT2D eigenvalue weighted by Gasteiger charge is 2.06. The Morgan fingerprint density at radius 1 is 1.44 bits per heavy atom. The van der Waals surface area contributed by atoms with Crippen molar-refractivity contribution in [1.82, 2.24) is 9.38 Å². The molecule has 2 heterocycles. The molecule has 5 heteroatoms. The number of amides is 1. The Bertz CT molecular complexity index is 531. The lowest BCUT2D eigenvalue weighted by Crippen LogP contribution is -2.11. The maximum Gasteiger partial charge on any atom is 0.250 e. The molecule has 16 heavy (non-hydrogen) atoms. The van der Waals surface area contributed by atoms with Gasteiger partial charge in [0.25, 0.3) is 0 Å². The molecule has 0 saturated carbocycles. The quantitative estimate of drug-likeness (QED) is 0.843. The Kier molecular flexibility index (Phi) is 2.52. The normalized spacial score (nSPS) is 10.9. The van der Waals surface area contributed by atoms with Gasteiger partial charge in [-0.25, -0.2) is 0 Å². The summed E-state index contributed by atoms with van der Waals surface area (Å²) in [4.78, 5) is 15.2. The van der Waals surface area contributed by atoms with Crippen molar-refractivity contribution in [3.8, 4) is 5.88 Å². The van der Waals surface area contributed by atoms with E-state index < -0.39 is 5.91 Å². The van der Waals surface area contributed by atoms with E-state index in [0.717, 1.165) is 5.65 Å². The van der Waals surface area contributed by atoms with Crippen molar-refractivity contribution in [3.63, 3.8) is 0 Å². The molecule has 84 valence electrons. The summed E-state index contributed by atoms with van der Waals surface area (Å²) in [7, 11) is 0. The number of hydrogen-bond donors (Lipinski definition) is 1. The Morgan fingerprint density at radius 2 is 2.19 bits per heavy atom. The highest BCUT2D eigenvalue weighted by molar-refractivity contribution is 5.92. The average Bonchev–Trinajstić information content (AvgIpc) is 2.56. The number of hydrogen-bond acceptors (Lipinski definition) is 3. The van der Waals surface area contributed by atoms with Crippen molar-refractivity contribution >= 4 is 11.6 Å². The molecule has 0 bridgehead atoms. The summed E-state index contributed by atoms with van der Waals surface area (Å²) in [5.41, 5.74) is 6.36. The van der Waals surface area contributed by atoms with Crippen LogP contribution in [0.5, 0.6) is 5.88 Å². The summed E-state index contributed by atoms with van der Waals surface area (Å²) in [6.07, 6.45) is 3.43. The Labute approximate surface area is 92.8 Å². The number of nitrogens with zero attached hydrogens (tertiary/aromatic N) is 2. The van der Waals surface area contributed by atoms with Gasteiger partial charge in [0.15, 0.2) is 0 Å². The second kappa shape index (κ2) is 3.84. The van der Waals surface area contributed by atoms with Gasteiger partial charge in [0.2, 0.25) is 11.8 Å². The zero-order valence-electron chi connectivity index (χ0n) is 9.18. The fourth-order valence-corrected chi connectivity index (χ4v) is 1.41. The van der Waals surface area contributed by atoms with Gasteiger partial charge in [0, 0.05) is 6.20 Å². The van der Waals surface area contributed by atoms with E-state index >= 15 is 0 Å². The number of imidazole rings is 1. The largest absolute Gasteiger partial charge is 0.474 e. The van der Waals surface area contributed by atoms with Gasteiger partial charge in [0.05, 0.1) is 17.9 Å². The van der Waals surface area contributed by atoms with Gasteiger partial charge < -0.3 is 14.9 Å². The minimum absolute atomic E-state index is 0.0699. The fourth-order valence-electron chi connectivity index (χ4n) is 1.41. The van der Waals surface area contributed by atoms with Crippen LogP contribution in [-0.4, -0.2) is 21.4 Å². The SMILES string of the molecule is CC(C)Oc1cn2cc(C(N)=O)ccc2n1. The molecule has 0 aliphatic carbocycles. The van der Waals surface area contributed by atoms with E-state index in [4.69, 9.17) is 10.5 Å². The first-order valence-corrected chi connectivity index (χ1v) is 5.01. The highest BCUT2D eigenvalue weighted by atomic mass is 16.5. The molecule has 1 amide bonds. The summed E-state index contributed by atoms with van der Waals surface area (Å²) in [5.74, 6) is 0.0820. The van der Waals surface area contributed by atoms with Crippen LogP contribution in [0.2, 0.25) is 0 Å². The Morgan fingerprint density at radius 3 is 2.81 bits per heavy atom. The molecule has 0 fully saturated rings. The number of primary amides is 1. The Hall–Kier alpha value is -2.04. The first-order valence-electron chi connectivity index (χ1n) is 5.01. The van der Waals surface area contributed by atoms with E-state index in [2.05, 4.69) is 4.98 Å². The van der Waals surface area contributed by atoms with E-state index in [1.807, 2.05) is 13.8 Å². The van der Waals surface area contributed by atoms with Crippen LogP contribution < -0.4 is 10.5 Å². The van der Waals surface area contributed by atoms with Gasteiger partial charge in [-0.15, -0.1) is 0 Å². The second-order valence-electron chi connectivity index (χ2n) is 3.79. The van der Waals surface area contributed by atoms with Crippen molar-refractivity contribution in [2.75, 3.05) is 0 Å². The number of fused-ring (bicyclic) bond motifs is 1. The van der Waals surface area contributed by atoms with Crippen LogP contribution in [0.3, 0.4) is 0 Å². The molecule has 0 aliphatic rings. The van der Waals surface area contributed by atoms with Crippen LogP contribution in [-0.2, 0) is 0 Å². The summed E-state index contributed by atoms with van der Waals surface area (Å²) in [6, 6.07) is 3.37. The van der Waals surface area contributed by atoms with Crippen LogP contribution in [0.1, 0.15) is 24.2 Å². The summed E-state index contributed by atoms with van der Waals surface area (Å²) in [5, 5.41) is 0. The summed E-state index contributed by atoms with van der Waals surface area (Å²) >= 11 is 0. The van der Waals surface area contributed by atoms with E-state index in [-0.39, 0.29) is 6.10 Å². The molecular formula is C11H13N3O2. The minimum Gasteiger partial charge on any atom is -0.474 e. The van der Waals surface area contributed by atoms with Gasteiger partial charge in [-0.05, 0) is 26.0 Å². The van der Waals surface area contributed by atoms with Crippen molar-refractivity contribution in [3.05, 3.63) is 30.1 Å². The van der Waals surface area contributed by atoms with Crippen molar-refractivity contribution < 1.29 is 9.53 Å². The Balaban J connectivity index is 2.42. The molecule has 2 aromatic heterocycles. The van der Waals surface area contributed by atoms with Gasteiger partial charge in [-0.3, -0.25) is 4.79 Å². The molecule has 0 aliphatic heterocycles. The number of nitrogens with two attached hydrogens (primary N) is 1. The van der Waals surface area contributed by atoms with Gasteiger partial charge in [0.1, 0.15) is 5.65 Å². The van der Waals surface area contributed by atoms with Crippen LogP contribution in [0, 0.1) is 0 Å². The van der Waals surface area contributed by atoms with Crippen molar-refractivity contribution in [2.45, 2.75) is 20.0 Å². The molecule has 0 radical (unpaired) electrons. The highest BCUT2D eigenvalue weighted by Crippen LogP contribution is 2.14. The third kappa shape index (κ3) is 1.98. The molecule has 2 aromatic rings. The summed E-state index contributed by atoms with van der Waals surface area (Å²) < 4.78 is 7.17. The third-order valence-corrected chi connectivity index (χ3v) is 2.07. The first-order chi connectivity index (χ1) is 7.56. The number of rotatable bonds is 3. The van der Waals surface area contributed by atoms with E-state index in [1.165, 1.54) is 0 Å². The molecule has 5 nitrogen and oxygen atoms in total. The lowest BCUT2D eigenvalue weighted by molar-refractivity contribution is 0.1000. The third-order valence-electron chi connectivity index (χ3n) is 2.07. The number of ether oxygens (including phenoxy) is 1. The minimum atomic E-state index is -0.457. The number of aromatic nitrogens is 2. The summed E-state index contributed by atoms with van der Waals surface area (Å²) in [6.45, 7) is 3.86. The topological polar surface area (TPSA) is 69.6 Å². The number of carbonyl (C=O) groups is 1. The maximum atomic E-state index is 11.0.